The van der Waals surface area contributed by atoms with Crippen molar-refractivity contribution in [3.05, 3.63) is 53.8 Å². The molecule has 2 aromatic carbocycles. The number of ether oxygens (including phenoxy) is 1. The van der Waals surface area contributed by atoms with Crippen LogP contribution in [0.25, 0.3) is 11.1 Å². The lowest BCUT2D eigenvalue weighted by Crippen LogP contribution is -2.13. The molecule has 0 aliphatic heterocycles. The van der Waals surface area contributed by atoms with Crippen LogP contribution in [0.15, 0.2) is 42.5 Å². The van der Waals surface area contributed by atoms with E-state index in [4.69, 9.17) is 4.74 Å². The monoisotopic (exact) mass is 342 g/mol. The number of hydrogen-bond acceptors (Lipinski definition) is 2. The third kappa shape index (κ3) is 4.59. The van der Waals surface area contributed by atoms with Crippen LogP contribution < -0.4 is 4.74 Å². The summed E-state index contributed by atoms with van der Waals surface area (Å²) in [7, 11) is 0. The van der Waals surface area contributed by atoms with Crippen molar-refractivity contribution in [1.29, 1.82) is 0 Å². The Morgan fingerprint density at radius 3 is 2.40 bits per heavy atom. The Labute approximate surface area is 147 Å². The van der Waals surface area contributed by atoms with Gasteiger partial charge in [-0.25, -0.2) is 4.39 Å². The van der Waals surface area contributed by atoms with Gasteiger partial charge in [0.25, 0.3) is 0 Å². The molecule has 1 saturated carbocycles. The fraction of sp³-hybridized carbons (Fsp3) is 0.381. The molecule has 1 unspecified atom stereocenters. The predicted octanol–water partition coefficient (Wildman–Crippen LogP) is 5.25. The van der Waals surface area contributed by atoms with Gasteiger partial charge in [0.1, 0.15) is 11.6 Å². The van der Waals surface area contributed by atoms with Crippen LogP contribution in [0.4, 0.5) is 4.39 Å². The molecule has 0 saturated heterocycles. The first-order valence-corrected chi connectivity index (χ1v) is 8.73. The highest BCUT2D eigenvalue weighted by Crippen LogP contribution is 2.40. The second-order valence-electron chi connectivity index (χ2n) is 7.03. The Balaban J connectivity index is 2.01. The smallest absolute Gasteiger partial charge is 0.310 e. The highest BCUT2D eigenvalue weighted by atomic mass is 19.1. The van der Waals surface area contributed by atoms with E-state index in [9.17, 15) is 14.3 Å². The van der Waals surface area contributed by atoms with Crippen molar-refractivity contribution < 1.29 is 19.0 Å². The minimum atomic E-state index is -0.807. The first-order valence-electron chi connectivity index (χ1n) is 8.73. The topological polar surface area (TPSA) is 46.5 Å². The van der Waals surface area contributed by atoms with Gasteiger partial charge in [-0.3, -0.25) is 4.79 Å². The summed E-state index contributed by atoms with van der Waals surface area (Å²) in [6.45, 7) is 3.87. The normalized spacial score (nSPS) is 15.2. The maximum atomic E-state index is 13.2. The highest BCUT2D eigenvalue weighted by Gasteiger charge is 2.30. The van der Waals surface area contributed by atoms with E-state index in [2.05, 4.69) is 0 Å². The van der Waals surface area contributed by atoms with Crippen LogP contribution in [-0.2, 0) is 4.79 Å². The van der Waals surface area contributed by atoms with Gasteiger partial charge < -0.3 is 9.84 Å². The van der Waals surface area contributed by atoms with Crippen molar-refractivity contribution in [2.24, 2.45) is 5.92 Å². The van der Waals surface area contributed by atoms with Crippen molar-refractivity contribution in [2.75, 3.05) is 0 Å². The molecule has 132 valence electrons. The van der Waals surface area contributed by atoms with E-state index in [1.54, 1.807) is 12.1 Å². The molecule has 1 atom stereocenters. The van der Waals surface area contributed by atoms with E-state index in [1.165, 1.54) is 12.1 Å². The molecular formula is C21H23FO3. The van der Waals surface area contributed by atoms with Crippen molar-refractivity contribution in [3.8, 4) is 16.9 Å². The zero-order valence-corrected chi connectivity index (χ0v) is 14.5. The quantitative estimate of drug-likeness (QED) is 0.748. The van der Waals surface area contributed by atoms with Crippen LogP contribution in [0.1, 0.15) is 44.6 Å². The summed E-state index contributed by atoms with van der Waals surface area (Å²) in [6.07, 6.45) is 2.86. The standard InChI is InChI=1S/C21H23FO3/c1-13(2)25-19-11-16(15-5-7-18(22)8-6-15)10-17(12-19)20(21(23)24)9-14-3-4-14/h5-8,10-14,20H,3-4,9H2,1-2H3,(H,23,24). The van der Waals surface area contributed by atoms with Gasteiger partial charge in [-0.2, -0.15) is 0 Å². The highest BCUT2D eigenvalue weighted by molar-refractivity contribution is 5.78. The van der Waals surface area contributed by atoms with Gasteiger partial charge in [-0.15, -0.1) is 0 Å². The predicted molar refractivity (Wildman–Crippen MR) is 95.3 cm³/mol. The summed E-state index contributed by atoms with van der Waals surface area (Å²) >= 11 is 0. The van der Waals surface area contributed by atoms with E-state index < -0.39 is 11.9 Å². The summed E-state index contributed by atoms with van der Waals surface area (Å²) < 4.78 is 19.0. The van der Waals surface area contributed by atoms with Crippen LogP contribution in [0, 0.1) is 11.7 Å². The van der Waals surface area contributed by atoms with Crippen LogP contribution in [0.5, 0.6) is 5.75 Å². The number of halogens is 1. The average Bonchev–Trinajstić information content (AvgIpc) is 3.36. The maximum Gasteiger partial charge on any atom is 0.310 e. The van der Waals surface area contributed by atoms with E-state index in [1.807, 2.05) is 32.0 Å². The Hall–Kier alpha value is -2.36. The SMILES string of the molecule is CC(C)Oc1cc(-c2ccc(F)cc2)cc(C(CC2CC2)C(=O)O)c1. The van der Waals surface area contributed by atoms with Crippen LogP contribution in [-0.4, -0.2) is 17.2 Å². The zero-order chi connectivity index (χ0) is 18.0. The molecule has 0 amide bonds. The first-order chi connectivity index (χ1) is 11.9. The lowest BCUT2D eigenvalue weighted by Gasteiger charge is -2.18. The number of hydrogen-bond donors (Lipinski definition) is 1. The van der Waals surface area contributed by atoms with Crippen LogP contribution >= 0.6 is 0 Å². The molecule has 0 bridgehead atoms. The summed E-state index contributed by atoms with van der Waals surface area (Å²) in [4.78, 5) is 11.8. The van der Waals surface area contributed by atoms with Gasteiger partial charge in [0.05, 0.1) is 12.0 Å². The summed E-state index contributed by atoms with van der Waals surface area (Å²) in [5.41, 5.74) is 2.43. The number of carboxylic acid groups (broad SMARTS) is 1. The molecule has 25 heavy (non-hydrogen) atoms. The van der Waals surface area contributed by atoms with Gasteiger partial charge in [0.15, 0.2) is 0 Å². The molecule has 2 aromatic rings. The van der Waals surface area contributed by atoms with Crippen LogP contribution in [0.3, 0.4) is 0 Å². The fourth-order valence-corrected chi connectivity index (χ4v) is 3.04. The maximum absolute atomic E-state index is 13.2. The lowest BCUT2D eigenvalue weighted by molar-refractivity contribution is -0.139. The number of benzene rings is 2. The minimum Gasteiger partial charge on any atom is -0.491 e. The average molecular weight is 342 g/mol. The summed E-state index contributed by atoms with van der Waals surface area (Å²) in [5.74, 6) is -0.490. The molecule has 0 aromatic heterocycles. The molecule has 4 heteroatoms. The molecular weight excluding hydrogens is 319 g/mol. The molecule has 1 aliphatic rings. The molecule has 1 N–H and O–H groups in total. The van der Waals surface area contributed by atoms with E-state index >= 15 is 0 Å². The molecule has 1 fully saturated rings. The lowest BCUT2D eigenvalue weighted by atomic mass is 9.90. The zero-order valence-electron chi connectivity index (χ0n) is 14.5. The van der Waals surface area contributed by atoms with Gasteiger partial charge in [0, 0.05) is 0 Å². The number of aliphatic carboxylic acids is 1. The molecule has 1 aliphatic carbocycles. The van der Waals surface area contributed by atoms with E-state index in [0.717, 1.165) is 29.5 Å². The van der Waals surface area contributed by atoms with E-state index in [-0.39, 0.29) is 11.9 Å². The molecule has 3 nitrogen and oxygen atoms in total. The number of rotatable bonds is 7. The second-order valence-corrected chi connectivity index (χ2v) is 7.03. The van der Waals surface area contributed by atoms with E-state index in [0.29, 0.717) is 18.1 Å². The molecule has 0 spiro atoms. The third-order valence-corrected chi connectivity index (χ3v) is 4.44. The summed E-state index contributed by atoms with van der Waals surface area (Å²) in [6, 6.07) is 11.8. The van der Waals surface area contributed by atoms with Crippen molar-refractivity contribution in [1.82, 2.24) is 0 Å². The summed E-state index contributed by atoms with van der Waals surface area (Å²) in [5, 5.41) is 9.68. The first kappa shape index (κ1) is 17.5. The second kappa shape index (κ2) is 7.26. The van der Waals surface area contributed by atoms with Crippen molar-refractivity contribution >= 4 is 5.97 Å². The largest absolute Gasteiger partial charge is 0.491 e. The van der Waals surface area contributed by atoms with Crippen molar-refractivity contribution in [3.63, 3.8) is 0 Å². The molecule has 3 rings (SSSR count). The van der Waals surface area contributed by atoms with Gasteiger partial charge in [-0.1, -0.05) is 31.0 Å². The molecule has 0 heterocycles. The van der Waals surface area contributed by atoms with Gasteiger partial charge in [0.2, 0.25) is 0 Å². The number of carbonyl (C=O) groups is 1. The minimum absolute atomic E-state index is 0.0111. The Kier molecular flexibility index (Phi) is 5.07. The Morgan fingerprint density at radius 1 is 1.16 bits per heavy atom. The fourth-order valence-electron chi connectivity index (χ4n) is 3.04. The van der Waals surface area contributed by atoms with Gasteiger partial charge in [-0.05, 0) is 67.1 Å². The Bertz CT molecular complexity index is 748. The third-order valence-electron chi connectivity index (χ3n) is 4.44. The van der Waals surface area contributed by atoms with Gasteiger partial charge >= 0.3 is 5.97 Å². The van der Waals surface area contributed by atoms with Crippen LogP contribution in [0.2, 0.25) is 0 Å². The molecule has 0 radical (unpaired) electrons. The number of carboxylic acids is 1. The van der Waals surface area contributed by atoms with Crippen molar-refractivity contribution in [2.45, 2.75) is 45.1 Å². The Morgan fingerprint density at radius 2 is 1.84 bits per heavy atom.